The van der Waals surface area contributed by atoms with Gasteiger partial charge in [0.2, 0.25) is 0 Å². The van der Waals surface area contributed by atoms with Crippen LogP contribution in [-0.4, -0.2) is 51.1 Å². The van der Waals surface area contributed by atoms with Gasteiger partial charge in [-0.1, -0.05) is 30.3 Å². The summed E-state index contributed by atoms with van der Waals surface area (Å²) in [6.45, 7) is 1.59. The van der Waals surface area contributed by atoms with Crippen LogP contribution < -0.4 is 98.7 Å². The molecule has 0 radical (unpaired) electrons. The Balaban J connectivity index is 0.00000280. The van der Waals surface area contributed by atoms with Crippen LogP contribution in [-0.2, 0) is 30.4 Å². The smallest absolute Gasteiger partial charge is 0.744 e. The van der Waals surface area contributed by atoms with E-state index in [1.165, 1.54) is 25.3 Å². The number of nitrogens with zero attached hydrogens (tertiary/aromatic N) is 4. The van der Waals surface area contributed by atoms with Gasteiger partial charge in [0.1, 0.15) is 47.5 Å². The van der Waals surface area contributed by atoms with E-state index in [9.17, 15) is 44.0 Å². The van der Waals surface area contributed by atoms with Crippen LogP contribution in [0.3, 0.4) is 0 Å². The number of ether oxygens (including phenoxy) is 1. The van der Waals surface area contributed by atoms with Crippen LogP contribution >= 0.6 is 0 Å². The monoisotopic (exact) mass is 843 g/mol. The number of phenols is 1. The molecule has 22 heteroatoms. The summed E-state index contributed by atoms with van der Waals surface area (Å²) in [4.78, 5) is -2.46. The summed E-state index contributed by atoms with van der Waals surface area (Å²) in [6.07, 6.45) is 0. The molecule has 0 fully saturated rings. The first-order valence-electron chi connectivity index (χ1n) is 15.0. The van der Waals surface area contributed by atoms with Gasteiger partial charge in [-0.3, -0.25) is 0 Å². The molecule has 16 nitrogen and oxygen atoms in total. The number of fused-ring (bicyclic) bond motifs is 2. The van der Waals surface area contributed by atoms with Crippen LogP contribution in [0.4, 0.5) is 34.1 Å². The molecule has 0 heterocycles. The van der Waals surface area contributed by atoms with E-state index >= 15 is 0 Å². The third-order valence-electron chi connectivity index (χ3n) is 7.85. The molecule has 6 aromatic rings. The molecule has 0 bridgehead atoms. The first-order valence-corrected chi connectivity index (χ1v) is 19.2. The molecule has 0 atom stereocenters. The normalized spacial score (nSPS) is 11.9. The predicted molar refractivity (Wildman–Crippen MR) is 189 cm³/mol. The van der Waals surface area contributed by atoms with Gasteiger partial charge in [0.05, 0.1) is 33.2 Å². The number of hydrogen-bond donors (Lipinski definition) is 2. The SMILES string of the molecule is COc1cc(C)c(N=Nc2cc(S(=O)(=O)[O-])c3cccc(S(=O)(=O)[O-])c3c2)cc1N=Nc1c(S(=O)(=O)[O-])cc2cc(Nc3ccccc3)ccc2c1O.[Na+].[Na+].[Na+]. The number of aryl methyl sites for hydroxylation is 1. The third kappa shape index (κ3) is 10.6. The average molecular weight is 844 g/mol. The number of benzene rings is 6. The van der Waals surface area contributed by atoms with E-state index < -0.39 is 56.5 Å². The van der Waals surface area contributed by atoms with Crippen molar-refractivity contribution in [2.24, 2.45) is 20.5 Å². The van der Waals surface area contributed by atoms with Gasteiger partial charge >= 0.3 is 88.7 Å². The standard InChI is InChI=1S/C34H27N5O11S3.3Na/c1-19-13-29(50-2)28(18-27(19)37-36-23-16-26-25(31(17-23)52(44,45)46)9-6-10-30(26)51(41,42)43)38-39-33-32(53(47,48)49)15-20-14-22(11-12-24(20)34(33)40)35-21-7-4-3-5-8-21;;;/h3-18,35,40H,1-2H3,(H,41,42,43)(H,44,45,46)(H,47,48,49);;;/q;3*+1/p-3. The molecule has 0 amide bonds. The van der Waals surface area contributed by atoms with Gasteiger partial charge in [0, 0.05) is 27.5 Å². The molecular formula is C34H24N5Na3O11S3. The molecule has 0 saturated carbocycles. The Bertz CT molecular complexity index is 2860. The van der Waals surface area contributed by atoms with E-state index in [0.717, 1.165) is 42.1 Å². The Hall–Kier alpha value is -2.83. The molecule has 272 valence electrons. The molecule has 6 aromatic carbocycles. The topological polar surface area (TPSA) is 263 Å². The molecule has 0 aromatic heterocycles. The van der Waals surface area contributed by atoms with Crippen molar-refractivity contribution in [1.82, 2.24) is 0 Å². The molecule has 0 aliphatic carbocycles. The number of azo groups is 2. The quantitative estimate of drug-likeness (QED) is 0.0890. The summed E-state index contributed by atoms with van der Waals surface area (Å²) in [7, 11) is -14.2. The van der Waals surface area contributed by atoms with E-state index in [1.807, 2.05) is 30.3 Å². The zero-order valence-electron chi connectivity index (χ0n) is 30.3. The summed E-state index contributed by atoms with van der Waals surface area (Å²) < 4.78 is 114. The molecule has 0 spiro atoms. The van der Waals surface area contributed by atoms with Gasteiger partial charge in [-0.15, -0.1) is 10.2 Å². The van der Waals surface area contributed by atoms with Crippen LogP contribution in [0.15, 0.2) is 132 Å². The number of phenolic OH excluding ortho intramolecular Hbond substituents is 1. The second-order valence-corrected chi connectivity index (χ2v) is 15.4. The third-order valence-corrected chi connectivity index (χ3v) is 10.5. The van der Waals surface area contributed by atoms with Gasteiger partial charge in [-0.05, 0) is 84.6 Å². The Morgan fingerprint density at radius 3 is 1.86 bits per heavy atom. The zero-order chi connectivity index (χ0) is 38.3. The number of methoxy groups -OCH3 is 1. The summed E-state index contributed by atoms with van der Waals surface area (Å²) >= 11 is 0. The van der Waals surface area contributed by atoms with Gasteiger partial charge in [-0.2, -0.15) is 10.2 Å². The minimum absolute atomic E-state index is 0. The number of nitrogens with one attached hydrogen (secondary N) is 1. The van der Waals surface area contributed by atoms with Crippen LogP contribution in [0.1, 0.15) is 5.56 Å². The van der Waals surface area contributed by atoms with E-state index in [0.29, 0.717) is 11.3 Å². The van der Waals surface area contributed by atoms with Crippen molar-refractivity contribution in [2.45, 2.75) is 21.6 Å². The average Bonchev–Trinajstić information content (AvgIpc) is 3.09. The fraction of sp³-hybridized carbons (Fsp3) is 0.0588. The minimum Gasteiger partial charge on any atom is -0.744 e. The van der Waals surface area contributed by atoms with E-state index in [-0.39, 0.29) is 133 Å². The van der Waals surface area contributed by atoms with Gasteiger partial charge in [0.15, 0.2) is 5.75 Å². The van der Waals surface area contributed by atoms with E-state index in [2.05, 4.69) is 25.8 Å². The Morgan fingerprint density at radius 1 is 0.589 bits per heavy atom. The van der Waals surface area contributed by atoms with E-state index in [4.69, 9.17) is 4.74 Å². The Kier molecular flexibility index (Phi) is 16.0. The summed E-state index contributed by atoms with van der Waals surface area (Å²) in [5, 5.41) is 30.0. The number of rotatable bonds is 10. The van der Waals surface area contributed by atoms with Crippen LogP contribution in [0.5, 0.6) is 11.5 Å². The number of para-hydroxylation sites is 1. The van der Waals surface area contributed by atoms with Crippen molar-refractivity contribution >= 4 is 86.0 Å². The summed E-state index contributed by atoms with van der Waals surface area (Å²) in [5.74, 6) is -0.540. The van der Waals surface area contributed by atoms with Crippen molar-refractivity contribution in [1.29, 1.82) is 0 Å². The van der Waals surface area contributed by atoms with Crippen molar-refractivity contribution < 1.29 is 137 Å². The minimum atomic E-state index is -5.21. The molecular weight excluding hydrogens is 820 g/mol. The summed E-state index contributed by atoms with van der Waals surface area (Å²) in [6, 6.07) is 22.7. The maximum absolute atomic E-state index is 12.4. The van der Waals surface area contributed by atoms with Gasteiger partial charge in [-0.25, -0.2) is 25.3 Å². The van der Waals surface area contributed by atoms with Gasteiger partial charge in [0.25, 0.3) is 0 Å². The number of aromatic hydroxyl groups is 1. The van der Waals surface area contributed by atoms with Crippen molar-refractivity contribution in [3.05, 3.63) is 103 Å². The molecule has 0 unspecified atom stereocenters. The fourth-order valence-corrected chi connectivity index (χ4v) is 7.46. The maximum Gasteiger partial charge on any atom is 1.00 e. The van der Waals surface area contributed by atoms with E-state index in [1.54, 1.807) is 19.1 Å². The van der Waals surface area contributed by atoms with Crippen molar-refractivity contribution in [3.63, 3.8) is 0 Å². The Morgan fingerprint density at radius 2 is 1.23 bits per heavy atom. The maximum atomic E-state index is 12.4. The largest absolute Gasteiger partial charge is 1.00 e. The zero-order valence-corrected chi connectivity index (χ0v) is 38.7. The van der Waals surface area contributed by atoms with Crippen LogP contribution in [0, 0.1) is 6.92 Å². The second kappa shape index (κ2) is 18.8. The van der Waals surface area contributed by atoms with Crippen molar-refractivity contribution in [3.8, 4) is 11.5 Å². The van der Waals surface area contributed by atoms with Crippen LogP contribution in [0.2, 0.25) is 0 Å². The number of hydrogen-bond acceptors (Lipinski definition) is 16. The second-order valence-electron chi connectivity index (χ2n) is 11.4. The first kappa shape index (κ1) is 47.5. The molecule has 2 N–H and O–H groups in total. The first-order chi connectivity index (χ1) is 24.9. The summed E-state index contributed by atoms with van der Waals surface area (Å²) in [5.41, 5.74) is 0.747. The molecule has 0 aliphatic rings. The van der Waals surface area contributed by atoms with Gasteiger partial charge < -0.3 is 28.8 Å². The fourth-order valence-electron chi connectivity index (χ4n) is 5.42. The number of anilines is 2. The molecule has 6 rings (SSSR count). The van der Waals surface area contributed by atoms with Crippen LogP contribution in [0.25, 0.3) is 21.5 Å². The van der Waals surface area contributed by atoms with Crippen molar-refractivity contribution in [2.75, 3.05) is 12.4 Å². The molecule has 0 saturated heterocycles. The molecule has 0 aliphatic heterocycles. The Labute approximate surface area is 387 Å². The predicted octanol–water partition coefficient (Wildman–Crippen LogP) is -1.69. The molecule has 56 heavy (non-hydrogen) atoms.